The van der Waals surface area contributed by atoms with Gasteiger partial charge in [-0.25, -0.2) is 0 Å². The second kappa shape index (κ2) is 8.39. The lowest BCUT2D eigenvalue weighted by molar-refractivity contribution is 0.296. The lowest BCUT2D eigenvalue weighted by Crippen LogP contribution is -2.21. The zero-order chi connectivity index (χ0) is 18.4. The van der Waals surface area contributed by atoms with Gasteiger partial charge in [-0.15, -0.1) is 5.10 Å². The summed E-state index contributed by atoms with van der Waals surface area (Å²) in [6, 6.07) is 9.41. The van der Waals surface area contributed by atoms with Crippen LogP contribution in [0.3, 0.4) is 0 Å². The van der Waals surface area contributed by atoms with E-state index in [9.17, 15) is 0 Å². The van der Waals surface area contributed by atoms with E-state index in [0.29, 0.717) is 6.61 Å². The monoisotopic (exact) mass is 360 g/mol. The first kappa shape index (κ1) is 18.6. The lowest BCUT2D eigenvalue weighted by atomic mass is 10.1. The average molecular weight is 361 g/mol. The van der Waals surface area contributed by atoms with E-state index in [-0.39, 0.29) is 5.96 Å². The summed E-state index contributed by atoms with van der Waals surface area (Å²) in [6.07, 6.45) is 1.55. The quantitative estimate of drug-likeness (QED) is 0.470. The van der Waals surface area contributed by atoms with Crippen LogP contribution in [0.4, 0.5) is 0 Å². The molecule has 0 saturated carbocycles. The van der Waals surface area contributed by atoms with Crippen molar-refractivity contribution in [3.05, 3.63) is 57.6 Å². The van der Waals surface area contributed by atoms with Gasteiger partial charge in [-0.05, 0) is 60.9 Å². The summed E-state index contributed by atoms with van der Waals surface area (Å²) in [6.45, 7) is 4.24. The van der Waals surface area contributed by atoms with Gasteiger partial charge in [0.15, 0.2) is 0 Å². The van der Waals surface area contributed by atoms with E-state index >= 15 is 0 Å². The van der Waals surface area contributed by atoms with Gasteiger partial charge in [0.2, 0.25) is 5.96 Å². The molecule has 0 heterocycles. The van der Waals surface area contributed by atoms with Gasteiger partial charge in [0, 0.05) is 10.6 Å². The molecule has 0 unspecified atom stereocenters. The average Bonchev–Trinajstić information content (AvgIpc) is 2.57. The highest BCUT2D eigenvalue weighted by molar-refractivity contribution is 6.32. The largest absolute Gasteiger partial charge is 0.496 e. The molecule has 0 atom stereocenters. The molecule has 7 heteroatoms. The number of hydrogen-bond donors (Lipinski definition) is 2. The molecule has 25 heavy (non-hydrogen) atoms. The number of benzene rings is 2. The molecule has 0 spiro atoms. The van der Waals surface area contributed by atoms with Gasteiger partial charge in [-0.2, -0.15) is 5.10 Å². The minimum absolute atomic E-state index is 0.0956. The van der Waals surface area contributed by atoms with Crippen LogP contribution in [0.25, 0.3) is 0 Å². The van der Waals surface area contributed by atoms with E-state index in [2.05, 4.69) is 10.2 Å². The Kier molecular flexibility index (Phi) is 6.25. The van der Waals surface area contributed by atoms with Crippen molar-refractivity contribution in [1.82, 2.24) is 0 Å². The zero-order valence-corrected chi connectivity index (χ0v) is 15.2. The standard InChI is InChI=1S/C18H21ClN4O2/c1-11-6-15(7-12(2)17(11)19)25-10-14-8-13(4-5-16(14)24-3)9-22-23-18(20)21/h4-9H,10H2,1-3H3,(H4,20,21,23)/b22-9+. The molecule has 2 aromatic carbocycles. The zero-order valence-electron chi connectivity index (χ0n) is 14.4. The van der Waals surface area contributed by atoms with Crippen LogP contribution in [0.1, 0.15) is 22.3 Å². The first-order valence-corrected chi connectivity index (χ1v) is 7.97. The van der Waals surface area contributed by atoms with Crippen molar-refractivity contribution in [2.45, 2.75) is 20.5 Å². The van der Waals surface area contributed by atoms with Crippen LogP contribution in [0, 0.1) is 13.8 Å². The molecular formula is C18H21ClN4O2. The second-order valence-corrected chi connectivity index (χ2v) is 5.88. The van der Waals surface area contributed by atoms with E-state index in [1.807, 2.05) is 44.2 Å². The van der Waals surface area contributed by atoms with E-state index in [1.165, 1.54) is 0 Å². The van der Waals surface area contributed by atoms with Crippen molar-refractivity contribution in [2.75, 3.05) is 7.11 Å². The van der Waals surface area contributed by atoms with E-state index in [4.69, 9.17) is 32.5 Å². The first-order chi connectivity index (χ1) is 11.9. The minimum Gasteiger partial charge on any atom is -0.496 e. The predicted molar refractivity (Wildman–Crippen MR) is 102 cm³/mol. The van der Waals surface area contributed by atoms with Crippen molar-refractivity contribution in [3.8, 4) is 11.5 Å². The molecule has 0 saturated heterocycles. The Balaban J connectivity index is 2.20. The van der Waals surface area contributed by atoms with Crippen molar-refractivity contribution in [3.63, 3.8) is 0 Å². The van der Waals surface area contributed by atoms with Crippen LogP contribution in [0.15, 0.2) is 40.5 Å². The highest BCUT2D eigenvalue weighted by Crippen LogP contribution is 2.27. The summed E-state index contributed by atoms with van der Waals surface area (Å²) < 4.78 is 11.3. The van der Waals surface area contributed by atoms with Gasteiger partial charge in [0.05, 0.1) is 13.3 Å². The highest BCUT2D eigenvalue weighted by Gasteiger charge is 2.07. The molecule has 6 nitrogen and oxygen atoms in total. The van der Waals surface area contributed by atoms with E-state index < -0.39 is 0 Å². The highest BCUT2D eigenvalue weighted by atomic mass is 35.5. The molecule has 0 aliphatic rings. The molecule has 0 aromatic heterocycles. The normalized spacial score (nSPS) is 10.7. The number of hydrogen-bond acceptors (Lipinski definition) is 4. The summed E-state index contributed by atoms with van der Waals surface area (Å²) in [5.74, 6) is 1.38. The number of methoxy groups -OCH3 is 1. The molecule has 0 aliphatic heterocycles. The maximum absolute atomic E-state index is 6.19. The Labute approximate surface area is 152 Å². The fourth-order valence-electron chi connectivity index (χ4n) is 2.30. The van der Waals surface area contributed by atoms with Crippen molar-refractivity contribution >= 4 is 23.8 Å². The molecule has 0 amide bonds. The number of ether oxygens (including phenoxy) is 2. The third-order valence-electron chi connectivity index (χ3n) is 3.49. The molecular weight excluding hydrogens is 340 g/mol. The number of rotatable bonds is 6. The minimum atomic E-state index is -0.0956. The number of nitrogens with zero attached hydrogens (tertiary/aromatic N) is 2. The van der Waals surface area contributed by atoms with Crippen molar-refractivity contribution in [1.29, 1.82) is 0 Å². The SMILES string of the molecule is COc1ccc(/C=N/N=C(N)N)cc1COc1cc(C)c(Cl)c(C)c1. The molecule has 0 bridgehead atoms. The fraction of sp³-hybridized carbons (Fsp3) is 0.222. The van der Waals surface area contributed by atoms with Gasteiger partial charge in [-0.1, -0.05) is 11.6 Å². The van der Waals surface area contributed by atoms with Gasteiger partial charge in [0.25, 0.3) is 0 Å². The Bertz CT molecular complexity index is 792. The van der Waals surface area contributed by atoms with Crippen molar-refractivity contribution in [2.24, 2.45) is 21.7 Å². The smallest absolute Gasteiger partial charge is 0.211 e. The Morgan fingerprint density at radius 1 is 1.16 bits per heavy atom. The second-order valence-electron chi connectivity index (χ2n) is 5.50. The Hall–Kier alpha value is -2.73. The number of aryl methyl sites for hydroxylation is 2. The van der Waals surface area contributed by atoms with Gasteiger partial charge < -0.3 is 20.9 Å². The Morgan fingerprint density at radius 2 is 1.84 bits per heavy atom. The summed E-state index contributed by atoms with van der Waals surface area (Å²) in [5.41, 5.74) is 14.1. The summed E-state index contributed by atoms with van der Waals surface area (Å²) in [7, 11) is 1.61. The summed E-state index contributed by atoms with van der Waals surface area (Å²) in [4.78, 5) is 0. The molecule has 4 N–H and O–H groups in total. The van der Waals surface area contributed by atoms with Gasteiger partial charge >= 0.3 is 0 Å². The van der Waals surface area contributed by atoms with Crippen LogP contribution >= 0.6 is 11.6 Å². The molecule has 0 fully saturated rings. The van der Waals surface area contributed by atoms with Crippen LogP contribution in [0.5, 0.6) is 11.5 Å². The molecule has 0 radical (unpaired) electrons. The molecule has 0 aliphatic carbocycles. The van der Waals surface area contributed by atoms with Crippen LogP contribution in [-0.2, 0) is 6.61 Å². The number of halogens is 1. The summed E-state index contributed by atoms with van der Waals surface area (Å²) >= 11 is 6.19. The Morgan fingerprint density at radius 3 is 2.44 bits per heavy atom. The molecule has 132 valence electrons. The van der Waals surface area contributed by atoms with Crippen LogP contribution in [-0.4, -0.2) is 19.3 Å². The molecule has 2 aromatic rings. The van der Waals surface area contributed by atoms with Crippen LogP contribution < -0.4 is 20.9 Å². The summed E-state index contributed by atoms with van der Waals surface area (Å²) in [5, 5.41) is 8.14. The molecule has 2 rings (SSSR count). The van der Waals surface area contributed by atoms with E-state index in [1.54, 1.807) is 13.3 Å². The maximum Gasteiger partial charge on any atom is 0.211 e. The number of nitrogens with two attached hydrogens (primary N) is 2. The van der Waals surface area contributed by atoms with Crippen LogP contribution in [0.2, 0.25) is 5.02 Å². The van der Waals surface area contributed by atoms with Gasteiger partial charge in [0.1, 0.15) is 18.1 Å². The fourth-order valence-corrected chi connectivity index (χ4v) is 2.41. The van der Waals surface area contributed by atoms with Crippen molar-refractivity contribution < 1.29 is 9.47 Å². The number of guanidine groups is 1. The third-order valence-corrected chi connectivity index (χ3v) is 4.08. The maximum atomic E-state index is 6.19. The predicted octanol–water partition coefficient (Wildman–Crippen LogP) is 3.15. The van der Waals surface area contributed by atoms with Gasteiger partial charge in [-0.3, -0.25) is 0 Å². The van der Waals surface area contributed by atoms with E-state index in [0.717, 1.165) is 38.8 Å². The third kappa shape index (κ3) is 5.12. The lowest BCUT2D eigenvalue weighted by Gasteiger charge is -2.13. The topological polar surface area (TPSA) is 95.2 Å². The first-order valence-electron chi connectivity index (χ1n) is 7.59.